The molecule has 0 aliphatic heterocycles. The van der Waals surface area contributed by atoms with Gasteiger partial charge in [-0.3, -0.25) is 9.18 Å². The van der Waals surface area contributed by atoms with E-state index in [1.54, 1.807) is 12.1 Å². The zero-order chi connectivity index (χ0) is 12.0. The van der Waals surface area contributed by atoms with Crippen molar-refractivity contribution in [1.29, 1.82) is 0 Å². The molecular formula is C11H14FNO3. The standard InChI is InChI=1S/C11H14FNO3/c1-15-10-7-8(16-6-2-5-12)3-4-9(10)11(13)14/h3-4,7H,2,5-6H2,1H3,(H2,13,14). The van der Waals surface area contributed by atoms with Crippen LogP contribution in [0.1, 0.15) is 16.8 Å². The fourth-order valence-corrected chi connectivity index (χ4v) is 1.21. The molecule has 0 saturated carbocycles. The van der Waals surface area contributed by atoms with Gasteiger partial charge in [-0.1, -0.05) is 0 Å². The minimum Gasteiger partial charge on any atom is -0.496 e. The molecule has 2 N–H and O–H groups in total. The first kappa shape index (κ1) is 12.3. The molecule has 0 saturated heterocycles. The third kappa shape index (κ3) is 3.12. The zero-order valence-corrected chi connectivity index (χ0v) is 9.03. The molecular weight excluding hydrogens is 213 g/mol. The highest BCUT2D eigenvalue weighted by molar-refractivity contribution is 5.95. The first-order valence-electron chi connectivity index (χ1n) is 4.85. The second-order valence-corrected chi connectivity index (χ2v) is 3.12. The van der Waals surface area contributed by atoms with Crippen LogP contribution in [0.3, 0.4) is 0 Å². The van der Waals surface area contributed by atoms with Gasteiger partial charge in [0.05, 0.1) is 26.0 Å². The van der Waals surface area contributed by atoms with Gasteiger partial charge in [-0.2, -0.15) is 0 Å². The van der Waals surface area contributed by atoms with E-state index in [9.17, 15) is 9.18 Å². The van der Waals surface area contributed by atoms with Crippen LogP contribution in [0.5, 0.6) is 11.5 Å². The SMILES string of the molecule is COc1cc(OCCCF)ccc1C(N)=O. The van der Waals surface area contributed by atoms with E-state index in [0.717, 1.165) is 0 Å². The molecule has 5 heteroatoms. The number of carbonyl (C=O) groups is 1. The molecule has 0 aliphatic carbocycles. The van der Waals surface area contributed by atoms with Crippen LogP contribution in [0.2, 0.25) is 0 Å². The van der Waals surface area contributed by atoms with E-state index >= 15 is 0 Å². The largest absolute Gasteiger partial charge is 0.496 e. The molecule has 1 aromatic carbocycles. The van der Waals surface area contributed by atoms with Crippen molar-refractivity contribution >= 4 is 5.91 Å². The van der Waals surface area contributed by atoms with Gasteiger partial charge in [-0.05, 0) is 12.1 Å². The zero-order valence-electron chi connectivity index (χ0n) is 9.03. The predicted octanol–water partition coefficient (Wildman–Crippen LogP) is 1.53. The number of carbonyl (C=O) groups excluding carboxylic acids is 1. The van der Waals surface area contributed by atoms with Gasteiger partial charge in [0.15, 0.2) is 0 Å². The van der Waals surface area contributed by atoms with Gasteiger partial charge in [0.1, 0.15) is 11.5 Å². The summed E-state index contributed by atoms with van der Waals surface area (Å²) in [5.41, 5.74) is 5.44. The highest BCUT2D eigenvalue weighted by Gasteiger charge is 2.09. The van der Waals surface area contributed by atoms with Crippen LogP contribution in [0.4, 0.5) is 4.39 Å². The molecule has 1 rings (SSSR count). The number of benzene rings is 1. The van der Waals surface area contributed by atoms with Crippen molar-refractivity contribution in [2.45, 2.75) is 6.42 Å². The molecule has 0 fully saturated rings. The van der Waals surface area contributed by atoms with Crippen molar-refractivity contribution < 1.29 is 18.7 Å². The maximum Gasteiger partial charge on any atom is 0.252 e. The molecule has 16 heavy (non-hydrogen) atoms. The van der Waals surface area contributed by atoms with E-state index in [2.05, 4.69) is 0 Å². The lowest BCUT2D eigenvalue weighted by atomic mass is 10.2. The predicted molar refractivity (Wildman–Crippen MR) is 57.6 cm³/mol. The maximum atomic E-state index is 11.8. The Kier molecular flexibility index (Phi) is 4.57. The molecule has 0 radical (unpaired) electrons. The number of methoxy groups -OCH3 is 1. The molecule has 0 atom stereocenters. The Hall–Kier alpha value is -1.78. The molecule has 0 bridgehead atoms. The molecule has 1 amide bonds. The number of ether oxygens (including phenoxy) is 2. The molecule has 0 unspecified atom stereocenters. The van der Waals surface area contributed by atoms with Crippen molar-refractivity contribution in [2.75, 3.05) is 20.4 Å². The summed E-state index contributed by atoms with van der Waals surface area (Å²) >= 11 is 0. The molecule has 4 nitrogen and oxygen atoms in total. The first-order chi connectivity index (χ1) is 7.69. The fourth-order valence-electron chi connectivity index (χ4n) is 1.21. The Bertz CT molecular complexity index is 368. The molecule has 0 heterocycles. The van der Waals surface area contributed by atoms with Crippen LogP contribution in [-0.2, 0) is 0 Å². The van der Waals surface area contributed by atoms with Gasteiger partial charge in [-0.25, -0.2) is 0 Å². The van der Waals surface area contributed by atoms with E-state index in [4.69, 9.17) is 15.2 Å². The van der Waals surface area contributed by atoms with Crippen LogP contribution >= 0.6 is 0 Å². The molecule has 0 aliphatic rings. The summed E-state index contributed by atoms with van der Waals surface area (Å²) in [5.74, 6) is 0.313. The number of amides is 1. The number of primary amides is 1. The number of hydrogen-bond acceptors (Lipinski definition) is 3. The Balaban J connectivity index is 2.78. The molecule has 0 aromatic heterocycles. The lowest BCUT2D eigenvalue weighted by molar-refractivity contribution is 0.0997. The second kappa shape index (κ2) is 5.95. The second-order valence-electron chi connectivity index (χ2n) is 3.12. The number of rotatable bonds is 6. The van der Waals surface area contributed by atoms with Gasteiger partial charge < -0.3 is 15.2 Å². The highest BCUT2D eigenvalue weighted by atomic mass is 19.1. The normalized spacial score (nSPS) is 9.88. The average molecular weight is 227 g/mol. The lowest BCUT2D eigenvalue weighted by Gasteiger charge is -2.09. The van der Waals surface area contributed by atoms with Gasteiger partial charge in [-0.15, -0.1) is 0 Å². The summed E-state index contributed by atoms with van der Waals surface area (Å²) in [5, 5.41) is 0. The summed E-state index contributed by atoms with van der Waals surface area (Å²) in [6, 6.07) is 4.67. The third-order valence-electron chi connectivity index (χ3n) is 1.99. The Morgan fingerprint density at radius 1 is 1.50 bits per heavy atom. The van der Waals surface area contributed by atoms with Gasteiger partial charge in [0.25, 0.3) is 5.91 Å². The molecule has 1 aromatic rings. The Morgan fingerprint density at radius 3 is 2.81 bits per heavy atom. The van der Waals surface area contributed by atoms with Crippen molar-refractivity contribution in [3.8, 4) is 11.5 Å². The summed E-state index contributed by atoms with van der Waals surface area (Å²) in [6.45, 7) is -0.133. The maximum absolute atomic E-state index is 11.8. The Labute approximate surface area is 93.2 Å². The molecule has 88 valence electrons. The van der Waals surface area contributed by atoms with Gasteiger partial charge in [0, 0.05) is 12.5 Å². The average Bonchev–Trinajstić information content (AvgIpc) is 2.29. The minimum atomic E-state index is -0.563. The summed E-state index contributed by atoms with van der Waals surface area (Å²) in [6.07, 6.45) is 0.333. The van der Waals surface area contributed by atoms with E-state index in [1.165, 1.54) is 13.2 Å². The summed E-state index contributed by atoms with van der Waals surface area (Å²) in [4.78, 5) is 11.0. The fraction of sp³-hybridized carbons (Fsp3) is 0.364. The van der Waals surface area contributed by atoms with Crippen LogP contribution in [0.15, 0.2) is 18.2 Å². The van der Waals surface area contributed by atoms with Gasteiger partial charge in [0.2, 0.25) is 0 Å². The van der Waals surface area contributed by atoms with E-state index in [-0.39, 0.29) is 6.61 Å². The van der Waals surface area contributed by atoms with Crippen molar-refractivity contribution in [3.05, 3.63) is 23.8 Å². The number of halogens is 1. The number of alkyl halides is 1. The first-order valence-corrected chi connectivity index (χ1v) is 4.85. The monoisotopic (exact) mass is 227 g/mol. The number of nitrogens with two attached hydrogens (primary N) is 1. The molecule has 0 spiro atoms. The van der Waals surface area contributed by atoms with Crippen molar-refractivity contribution in [3.63, 3.8) is 0 Å². The number of hydrogen-bond donors (Lipinski definition) is 1. The highest BCUT2D eigenvalue weighted by Crippen LogP contribution is 2.24. The Morgan fingerprint density at radius 2 is 2.25 bits per heavy atom. The third-order valence-corrected chi connectivity index (χ3v) is 1.99. The van der Waals surface area contributed by atoms with Crippen molar-refractivity contribution in [1.82, 2.24) is 0 Å². The van der Waals surface area contributed by atoms with E-state index < -0.39 is 12.6 Å². The van der Waals surface area contributed by atoms with Crippen LogP contribution < -0.4 is 15.2 Å². The van der Waals surface area contributed by atoms with Crippen molar-refractivity contribution in [2.24, 2.45) is 5.73 Å². The minimum absolute atomic E-state index is 0.287. The van der Waals surface area contributed by atoms with Crippen LogP contribution in [-0.4, -0.2) is 26.3 Å². The lowest BCUT2D eigenvalue weighted by Crippen LogP contribution is -2.12. The van der Waals surface area contributed by atoms with Crippen LogP contribution in [0.25, 0.3) is 0 Å². The van der Waals surface area contributed by atoms with E-state index in [0.29, 0.717) is 23.5 Å². The summed E-state index contributed by atoms with van der Waals surface area (Å²) in [7, 11) is 1.44. The smallest absolute Gasteiger partial charge is 0.252 e. The van der Waals surface area contributed by atoms with Crippen LogP contribution in [0, 0.1) is 0 Å². The van der Waals surface area contributed by atoms with Gasteiger partial charge >= 0.3 is 0 Å². The van der Waals surface area contributed by atoms with E-state index in [1.807, 2.05) is 0 Å². The topological polar surface area (TPSA) is 61.6 Å². The summed E-state index contributed by atoms with van der Waals surface area (Å²) < 4.78 is 22.1. The quantitative estimate of drug-likeness (QED) is 0.750.